The van der Waals surface area contributed by atoms with E-state index < -0.39 is 0 Å². The molecule has 4 nitrogen and oxygen atoms in total. The van der Waals surface area contributed by atoms with Gasteiger partial charge in [-0.3, -0.25) is 0 Å². The Hall–Kier alpha value is -1.55. The van der Waals surface area contributed by atoms with Crippen molar-refractivity contribution in [2.24, 2.45) is 0 Å². The van der Waals surface area contributed by atoms with Crippen molar-refractivity contribution < 1.29 is 4.79 Å². The van der Waals surface area contributed by atoms with Crippen LogP contribution in [0.3, 0.4) is 0 Å². The number of urea groups is 1. The third kappa shape index (κ3) is 3.61. The lowest BCUT2D eigenvalue weighted by atomic mass is 9.95. The molecule has 4 heteroatoms. The monoisotopic (exact) mass is 301 g/mol. The number of carbonyl (C=O) groups is 1. The number of amides is 2. The van der Waals surface area contributed by atoms with Crippen LogP contribution >= 0.6 is 0 Å². The van der Waals surface area contributed by atoms with E-state index in [4.69, 9.17) is 0 Å². The first-order valence-electron chi connectivity index (χ1n) is 8.54. The summed E-state index contributed by atoms with van der Waals surface area (Å²) in [7, 11) is 2.13. The lowest BCUT2D eigenvalue weighted by Crippen LogP contribution is -2.54. The van der Waals surface area contributed by atoms with Crippen molar-refractivity contribution >= 4 is 6.03 Å². The maximum Gasteiger partial charge on any atom is 0.318 e. The van der Waals surface area contributed by atoms with E-state index in [0.29, 0.717) is 6.04 Å². The number of nitrogens with one attached hydrogen (secondary N) is 1. The van der Waals surface area contributed by atoms with Crippen LogP contribution in [0.15, 0.2) is 30.3 Å². The minimum Gasteiger partial charge on any atom is -0.335 e. The fraction of sp³-hybridized carbons (Fsp3) is 0.611. The van der Waals surface area contributed by atoms with E-state index in [2.05, 4.69) is 41.5 Å². The van der Waals surface area contributed by atoms with Crippen LogP contribution in [-0.4, -0.2) is 48.6 Å². The normalized spacial score (nSPS) is 24.2. The van der Waals surface area contributed by atoms with Crippen LogP contribution in [0.2, 0.25) is 0 Å². The number of piperazine rings is 1. The van der Waals surface area contributed by atoms with Crippen LogP contribution in [-0.2, 0) is 0 Å². The van der Waals surface area contributed by atoms with Crippen molar-refractivity contribution in [2.75, 3.05) is 26.7 Å². The van der Waals surface area contributed by atoms with Gasteiger partial charge in [0, 0.05) is 25.7 Å². The number of likely N-dealkylation sites (N-methyl/N-ethyl adjacent to an activating group) is 1. The fourth-order valence-corrected chi connectivity index (χ4v) is 3.63. The molecule has 1 aliphatic heterocycles. The van der Waals surface area contributed by atoms with Gasteiger partial charge in [-0.05, 0) is 25.5 Å². The van der Waals surface area contributed by atoms with Gasteiger partial charge in [0.05, 0.1) is 6.04 Å². The second kappa shape index (κ2) is 7.14. The lowest BCUT2D eigenvalue weighted by Gasteiger charge is -2.41. The van der Waals surface area contributed by atoms with Crippen LogP contribution in [0.25, 0.3) is 0 Å². The van der Waals surface area contributed by atoms with Crippen molar-refractivity contribution in [3.05, 3.63) is 35.9 Å². The second-order valence-corrected chi connectivity index (χ2v) is 6.67. The number of hydrogen-bond donors (Lipinski definition) is 1. The van der Waals surface area contributed by atoms with Gasteiger partial charge >= 0.3 is 6.03 Å². The zero-order chi connectivity index (χ0) is 15.4. The van der Waals surface area contributed by atoms with Gasteiger partial charge in [-0.1, -0.05) is 49.6 Å². The maximum atomic E-state index is 12.8. The molecule has 0 aromatic heterocycles. The Bertz CT molecular complexity index is 484. The molecule has 0 bridgehead atoms. The molecule has 1 saturated heterocycles. The molecule has 1 aromatic rings. The predicted octanol–water partition coefficient (Wildman–Crippen LogP) is 3.02. The summed E-state index contributed by atoms with van der Waals surface area (Å²) in [4.78, 5) is 17.1. The number of benzene rings is 1. The van der Waals surface area contributed by atoms with Gasteiger partial charge in [0.2, 0.25) is 0 Å². The standard InChI is InChI=1S/C18H27N3O/c1-20-12-13-21(17(14-20)15-8-4-2-5-9-15)18(22)19-16-10-6-3-7-11-16/h2,4-5,8-9,16-17H,3,6-7,10-14H2,1H3,(H,19,22)/t17-/m1/s1. The van der Waals surface area contributed by atoms with E-state index in [9.17, 15) is 4.79 Å². The molecule has 2 amide bonds. The van der Waals surface area contributed by atoms with E-state index in [-0.39, 0.29) is 12.1 Å². The first-order valence-corrected chi connectivity index (χ1v) is 8.54. The van der Waals surface area contributed by atoms with Crippen LogP contribution < -0.4 is 5.32 Å². The lowest BCUT2D eigenvalue weighted by molar-refractivity contribution is 0.106. The number of hydrogen-bond acceptors (Lipinski definition) is 2. The third-order valence-electron chi connectivity index (χ3n) is 4.96. The van der Waals surface area contributed by atoms with Gasteiger partial charge < -0.3 is 15.1 Å². The van der Waals surface area contributed by atoms with Gasteiger partial charge in [0.25, 0.3) is 0 Å². The summed E-state index contributed by atoms with van der Waals surface area (Å²) in [5.74, 6) is 0. The Morgan fingerprint density at radius 3 is 2.55 bits per heavy atom. The highest BCUT2D eigenvalue weighted by molar-refractivity contribution is 5.75. The van der Waals surface area contributed by atoms with Crippen molar-refractivity contribution in [2.45, 2.75) is 44.2 Å². The highest BCUT2D eigenvalue weighted by Gasteiger charge is 2.31. The van der Waals surface area contributed by atoms with Crippen LogP contribution in [0.1, 0.15) is 43.7 Å². The largest absolute Gasteiger partial charge is 0.335 e. The first kappa shape index (κ1) is 15.3. The van der Waals surface area contributed by atoms with Crippen molar-refractivity contribution in [1.82, 2.24) is 15.1 Å². The van der Waals surface area contributed by atoms with Crippen LogP contribution in [0.5, 0.6) is 0 Å². The number of carbonyl (C=O) groups excluding carboxylic acids is 1. The second-order valence-electron chi connectivity index (χ2n) is 6.67. The zero-order valence-corrected chi connectivity index (χ0v) is 13.5. The molecule has 1 heterocycles. The van der Waals surface area contributed by atoms with Crippen molar-refractivity contribution in [3.8, 4) is 0 Å². The molecule has 22 heavy (non-hydrogen) atoms. The molecule has 1 atom stereocenters. The molecule has 0 spiro atoms. The summed E-state index contributed by atoms with van der Waals surface area (Å²) in [6.45, 7) is 2.65. The van der Waals surface area contributed by atoms with Gasteiger partial charge in [-0.2, -0.15) is 0 Å². The molecule has 1 N–H and O–H groups in total. The Balaban J connectivity index is 1.70. The highest BCUT2D eigenvalue weighted by Crippen LogP contribution is 2.25. The van der Waals surface area contributed by atoms with Crippen molar-refractivity contribution in [3.63, 3.8) is 0 Å². The van der Waals surface area contributed by atoms with E-state index in [1.807, 2.05) is 11.0 Å². The topological polar surface area (TPSA) is 35.6 Å². The van der Waals surface area contributed by atoms with E-state index in [0.717, 1.165) is 32.5 Å². The molecule has 0 unspecified atom stereocenters. The molecule has 2 fully saturated rings. The average molecular weight is 301 g/mol. The predicted molar refractivity (Wildman–Crippen MR) is 88.8 cm³/mol. The van der Waals surface area contributed by atoms with E-state index in [1.54, 1.807) is 0 Å². The maximum absolute atomic E-state index is 12.8. The fourth-order valence-electron chi connectivity index (χ4n) is 3.63. The van der Waals surface area contributed by atoms with Gasteiger partial charge in [0.1, 0.15) is 0 Å². The molecule has 2 aliphatic rings. The number of nitrogens with zero attached hydrogens (tertiary/aromatic N) is 2. The van der Waals surface area contributed by atoms with Crippen LogP contribution in [0, 0.1) is 0 Å². The summed E-state index contributed by atoms with van der Waals surface area (Å²) < 4.78 is 0. The quantitative estimate of drug-likeness (QED) is 0.911. The summed E-state index contributed by atoms with van der Waals surface area (Å²) in [6, 6.07) is 11.1. The molecule has 0 radical (unpaired) electrons. The smallest absolute Gasteiger partial charge is 0.318 e. The molecular weight excluding hydrogens is 274 g/mol. The summed E-state index contributed by atoms with van der Waals surface area (Å²) in [6.07, 6.45) is 6.07. The first-order chi connectivity index (χ1) is 10.7. The molecule has 1 aliphatic carbocycles. The minimum atomic E-state index is 0.119. The third-order valence-corrected chi connectivity index (χ3v) is 4.96. The Labute approximate surface area is 133 Å². The van der Waals surface area contributed by atoms with Crippen LogP contribution in [0.4, 0.5) is 4.79 Å². The zero-order valence-electron chi connectivity index (χ0n) is 13.5. The molecule has 120 valence electrons. The highest BCUT2D eigenvalue weighted by atomic mass is 16.2. The van der Waals surface area contributed by atoms with E-state index >= 15 is 0 Å². The average Bonchev–Trinajstić information content (AvgIpc) is 2.56. The number of rotatable bonds is 2. The molecule has 1 aromatic carbocycles. The Morgan fingerprint density at radius 1 is 1.09 bits per heavy atom. The van der Waals surface area contributed by atoms with Crippen molar-refractivity contribution in [1.29, 1.82) is 0 Å². The summed E-state index contributed by atoms with van der Waals surface area (Å²) >= 11 is 0. The van der Waals surface area contributed by atoms with Gasteiger partial charge in [-0.25, -0.2) is 4.79 Å². The van der Waals surface area contributed by atoms with E-state index in [1.165, 1.54) is 24.8 Å². The summed E-state index contributed by atoms with van der Waals surface area (Å²) in [5.41, 5.74) is 1.23. The van der Waals surface area contributed by atoms with Gasteiger partial charge in [-0.15, -0.1) is 0 Å². The SMILES string of the molecule is CN1CCN(C(=O)NC2CCCCC2)[C@@H](c2ccccc2)C1. The minimum absolute atomic E-state index is 0.119. The Kier molecular flexibility index (Phi) is 4.98. The molecular formula is C18H27N3O. The van der Waals surface area contributed by atoms with Gasteiger partial charge in [0.15, 0.2) is 0 Å². The summed E-state index contributed by atoms with van der Waals surface area (Å²) in [5, 5.41) is 3.27. The Morgan fingerprint density at radius 2 is 1.82 bits per heavy atom. The molecule has 3 rings (SSSR count). The molecule has 1 saturated carbocycles.